The summed E-state index contributed by atoms with van der Waals surface area (Å²) >= 11 is 0. The van der Waals surface area contributed by atoms with Crippen molar-refractivity contribution in [3.05, 3.63) is 59.7 Å². The molecular formula is C22H28N2O5S. The number of ketones is 1. The van der Waals surface area contributed by atoms with Crippen LogP contribution in [-0.2, 0) is 14.8 Å². The van der Waals surface area contributed by atoms with Crippen LogP contribution < -0.4 is 10.1 Å². The second-order valence-corrected chi connectivity index (χ2v) is 9.09. The van der Waals surface area contributed by atoms with Gasteiger partial charge in [0.1, 0.15) is 5.75 Å². The summed E-state index contributed by atoms with van der Waals surface area (Å²) in [7, 11) is -0.624. The molecule has 0 radical (unpaired) electrons. The largest absolute Gasteiger partial charge is 0.496 e. The average molecular weight is 433 g/mol. The first-order valence-electron chi connectivity index (χ1n) is 9.66. The molecule has 0 aliphatic rings. The molecule has 1 N–H and O–H groups in total. The molecule has 0 bridgehead atoms. The maximum absolute atomic E-state index is 12.6. The number of para-hydroxylation sites is 1. The molecule has 0 aliphatic carbocycles. The first-order chi connectivity index (χ1) is 14.2. The first-order valence-corrected chi connectivity index (χ1v) is 11.1. The smallest absolute Gasteiger partial charge is 0.242 e. The molecule has 2 aromatic carbocycles. The second-order valence-electron chi connectivity index (χ2n) is 7.04. The molecule has 7 nitrogen and oxygen atoms in total. The van der Waals surface area contributed by atoms with Crippen LogP contribution >= 0.6 is 0 Å². The average Bonchev–Trinajstić information content (AvgIpc) is 2.73. The highest BCUT2D eigenvalue weighted by atomic mass is 32.2. The van der Waals surface area contributed by atoms with Gasteiger partial charge in [0.15, 0.2) is 5.78 Å². The lowest BCUT2D eigenvalue weighted by molar-refractivity contribution is -0.121. The van der Waals surface area contributed by atoms with Gasteiger partial charge in [0, 0.05) is 31.1 Å². The van der Waals surface area contributed by atoms with E-state index in [-0.39, 0.29) is 35.6 Å². The molecule has 1 unspecified atom stereocenters. The van der Waals surface area contributed by atoms with Crippen LogP contribution in [0.25, 0.3) is 0 Å². The van der Waals surface area contributed by atoms with Gasteiger partial charge in [-0.15, -0.1) is 0 Å². The molecule has 2 aromatic rings. The predicted octanol–water partition coefficient (Wildman–Crippen LogP) is 3.18. The number of nitrogens with zero attached hydrogens (tertiary/aromatic N) is 1. The molecule has 8 heteroatoms. The molecule has 1 atom stereocenters. The van der Waals surface area contributed by atoms with Crippen LogP contribution in [0.15, 0.2) is 53.4 Å². The Balaban J connectivity index is 1.89. The van der Waals surface area contributed by atoms with Crippen LogP contribution in [0, 0.1) is 0 Å². The van der Waals surface area contributed by atoms with Gasteiger partial charge in [-0.05, 0) is 38.5 Å². The van der Waals surface area contributed by atoms with Crippen molar-refractivity contribution in [3.8, 4) is 5.75 Å². The number of carbonyl (C=O) groups is 2. The zero-order valence-corrected chi connectivity index (χ0v) is 18.5. The van der Waals surface area contributed by atoms with E-state index in [0.717, 1.165) is 5.56 Å². The molecule has 0 saturated carbocycles. The van der Waals surface area contributed by atoms with Crippen molar-refractivity contribution in [2.75, 3.05) is 20.7 Å². The van der Waals surface area contributed by atoms with Gasteiger partial charge in [-0.3, -0.25) is 9.59 Å². The monoisotopic (exact) mass is 432 g/mol. The Morgan fingerprint density at radius 1 is 1.10 bits per heavy atom. The van der Waals surface area contributed by atoms with Gasteiger partial charge in [0.2, 0.25) is 15.9 Å². The molecule has 2 rings (SSSR count). The zero-order valence-electron chi connectivity index (χ0n) is 17.7. The molecule has 0 aromatic heterocycles. The standard InChI is InChI=1S/C22H28N2O5S/c1-16(20-8-5-6-9-21(20)29-4)23-22(26)10-7-15-24(3)30(27,28)19-13-11-18(12-14-19)17(2)25/h5-6,8-9,11-14,16H,7,10,15H2,1-4H3,(H,23,26). The summed E-state index contributed by atoms with van der Waals surface area (Å²) in [6.45, 7) is 3.50. The Kier molecular flexibility index (Phi) is 8.14. The minimum Gasteiger partial charge on any atom is -0.496 e. The quantitative estimate of drug-likeness (QED) is 0.582. The first kappa shape index (κ1) is 23.6. The lowest BCUT2D eigenvalue weighted by atomic mass is 10.1. The van der Waals surface area contributed by atoms with Crippen molar-refractivity contribution >= 4 is 21.7 Å². The molecular weight excluding hydrogens is 404 g/mol. The number of Topliss-reactive ketones (excluding diaryl/α,β-unsaturated/α-hetero) is 1. The number of amides is 1. The third-order valence-corrected chi connectivity index (χ3v) is 6.70. The number of benzene rings is 2. The fourth-order valence-electron chi connectivity index (χ4n) is 3.04. The molecule has 30 heavy (non-hydrogen) atoms. The van der Waals surface area contributed by atoms with Crippen molar-refractivity contribution < 1.29 is 22.7 Å². The van der Waals surface area contributed by atoms with Crippen molar-refractivity contribution in [2.45, 2.75) is 37.6 Å². The van der Waals surface area contributed by atoms with Gasteiger partial charge in [-0.25, -0.2) is 12.7 Å². The van der Waals surface area contributed by atoms with Crippen molar-refractivity contribution in [2.24, 2.45) is 0 Å². The van der Waals surface area contributed by atoms with Crippen LogP contribution in [0.1, 0.15) is 48.7 Å². The summed E-state index contributed by atoms with van der Waals surface area (Å²) in [5, 5.41) is 2.91. The normalized spacial score (nSPS) is 12.4. The third-order valence-electron chi connectivity index (χ3n) is 4.83. The van der Waals surface area contributed by atoms with Crippen molar-refractivity contribution in [1.29, 1.82) is 0 Å². The lowest BCUT2D eigenvalue weighted by Gasteiger charge is -2.19. The van der Waals surface area contributed by atoms with Gasteiger partial charge in [0.05, 0.1) is 18.0 Å². The predicted molar refractivity (Wildman–Crippen MR) is 115 cm³/mol. The highest BCUT2D eigenvalue weighted by Gasteiger charge is 2.21. The van der Waals surface area contributed by atoms with E-state index in [0.29, 0.717) is 17.7 Å². The van der Waals surface area contributed by atoms with Gasteiger partial charge in [-0.1, -0.05) is 30.3 Å². The highest BCUT2D eigenvalue weighted by molar-refractivity contribution is 7.89. The van der Waals surface area contributed by atoms with Gasteiger partial charge >= 0.3 is 0 Å². The molecule has 0 aliphatic heterocycles. The summed E-state index contributed by atoms with van der Waals surface area (Å²) in [6.07, 6.45) is 0.578. The maximum atomic E-state index is 12.6. The summed E-state index contributed by atoms with van der Waals surface area (Å²) in [5.41, 5.74) is 1.33. The molecule has 0 saturated heterocycles. The Morgan fingerprint density at radius 2 is 1.73 bits per heavy atom. The van der Waals surface area contributed by atoms with Crippen LogP contribution in [0.5, 0.6) is 5.75 Å². The van der Waals surface area contributed by atoms with E-state index in [1.54, 1.807) is 7.11 Å². The minimum atomic E-state index is -3.68. The molecule has 0 fully saturated rings. The Morgan fingerprint density at radius 3 is 2.33 bits per heavy atom. The van der Waals surface area contributed by atoms with Crippen LogP contribution in [-0.4, -0.2) is 45.1 Å². The maximum Gasteiger partial charge on any atom is 0.242 e. The fraction of sp³-hybridized carbons (Fsp3) is 0.364. The van der Waals surface area contributed by atoms with Crippen molar-refractivity contribution in [1.82, 2.24) is 9.62 Å². The van der Waals surface area contributed by atoms with E-state index in [2.05, 4.69) is 5.32 Å². The summed E-state index contributed by atoms with van der Waals surface area (Å²) < 4.78 is 31.8. The second kappa shape index (κ2) is 10.4. The number of sulfonamides is 1. The van der Waals surface area contributed by atoms with Crippen molar-refractivity contribution in [3.63, 3.8) is 0 Å². The van der Waals surface area contributed by atoms with E-state index in [1.807, 2.05) is 31.2 Å². The minimum absolute atomic E-state index is 0.115. The summed E-state index contributed by atoms with van der Waals surface area (Å²) in [5.74, 6) is 0.414. The highest BCUT2D eigenvalue weighted by Crippen LogP contribution is 2.24. The molecule has 162 valence electrons. The zero-order chi connectivity index (χ0) is 22.3. The van der Waals surface area contributed by atoms with Gasteiger partial charge < -0.3 is 10.1 Å². The van der Waals surface area contributed by atoms with E-state index < -0.39 is 10.0 Å². The Hall–Kier alpha value is -2.71. The van der Waals surface area contributed by atoms with E-state index >= 15 is 0 Å². The van der Waals surface area contributed by atoms with Crippen LogP contribution in [0.3, 0.4) is 0 Å². The summed E-state index contributed by atoms with van der Waals surface area (Å²) in [6, 6.07) is 13.1. The van der Waals surface area contributed by atoms with Crippen LogP contribution in [0.2, 0.25) is 0 Å². The molecule has 0 heterocycles. The SMILES string of the molecule is COc1ccccc1C(C)NC(=O)CCCN(C)S(=O)(=O)c1ccc(C(C)=O)cc1. The third kappa shape index (κ3) is 5.90. The number of methoxy groups -OCH3 is 1. The summed E-state index contributed by atoms with van der Waals surface area (Å²) in [4.78, 5) is 23.7. The molecule has 0 spiro atoms. The Labute approximate surface area is 178 Å². The van der Waals surface area contributed by atoms with Gasteiger partial charge in [-0.2, -0.15) is 0 Å². The van der Waals surface area contributed by atoms with E-state index in [4.69, 9.17) is 4.74 Å². The number of rotatable bonds is 10. The van der Waals surface area contributed by atoms with E-state index in [9.17, 15) is 18.0 Å². The van der Waals surface area contributed by atoms with Crippen LogP contribution in [0.4, 0.5) is 0 Å². The number of carbonyl (C=O) groups excluding carboxylic acids is 2. The number of nitrogens with one attached hydrogen (secondary N) is 1. The molecule has 1 amide bonds. The number of hydrogen-bond acceptors (Lipinski definition) is 5. The van der Waals surface area contributed by atoms with E-state index in [1.165, 1.54) is 42.5 Å². The van der Waals surface area contributed by atoms with Gasteiger partial charge in [0.25, 0.3) is 0 Å². The topological polar surface area (TPSA) is 92.8 Å². The fourth-order valence-corrected chi connectivity index (χ4v) is 4.25. The lowest BCUT2D eigenvalue weighted by Crippen LogP contribution is -2.30. The number of ether oxygens (including phenoxy) is 1. The number of hydrogen-bond donors (Lipinski definition) is 1. The Bertz CT molecular complexity index is 987.